The van der Waals surface area contributed by atoms with Crippen LogP contribution in [0.2, 0.25) is 0 Å². The first-order chi connectivity index (χ1) is 14.5. The van der Waals surface area contributed by atoms with Crippen LogP contribution in [-0.4, -0.2) is 23.6 Å². The highest BCUT2D eigenvalue weighted by atomic mass is 19.1. The third kappa shape index (κ3) is 4.70. The Morgan fingerprint density at radius 2 is 1.87 bits per heavy atom. The number of methoxy groups -OCH3 is 1. The van der Waals surface area contributed by atoms with Gasteiger partial charge in [0.15, 0.2) is 5.78 Å². The van der Waals surface area contributed by atoms with Gasteiger partial charge in [0.1, 0.15) is 17.6 Å². The van der Waals surface area contributed by atoms with E-state index < -0.39 is 17.6 Å². The number of nitrogens with two attached hydrogens (primary N) is 1. The van der Waals surface area contributed by atoms with Gasteiger partial charge in [-0.2, -0.15) is 0 Å². The third-order valence-electron chi connectivity index (χ3n) is 4.49. The van der Waals surface area contributed by atoms with Gasteiger partial charge in [-0.25, -0.2) is 4.39 Å². The standard InChI is InChI=1S/C23H21FN4O2/c1-30-19-11-18(13-27-14-19)28-22(16-7-9-17(24)10-8-16)23(29)20(12-25)21(26)15-5-3-2-4-6-15/h2-14,22,26,28H,25H2,1H3/b20-12+,26-21?. The Kier molecular flexibility index (Phi) is 6.54. The van der Waals surface area contributed by atoms with Gasteiger partial charge in [-0.05, 0) is 17.7 Å². The average Bonchev–Trinajstić information content (AvgIpc) is 2.79. The molecule has 0 saturated carbocycles. The Morgan fingerprint density at radius 3 is 2.50 bits per heavy atom. The van der Waals surface area contributed by atoms with E-state index in [9.17, 15) is 9.18 Å². The number of pyridine rings is 1. The van der Waals surface area contributed by atoms with Crippen molar-refractivity contribution in [2.24, 2.45) is 5.73 Å². The number of hydrogen-bond acceptors (Lipinski definition) is 6. The number of rotatable bonds is 8. The zero-order valence-corrected chi connectivity index (χ0v) is 16.3. The van der Waals surface area contributed by atoms with Crippen LogP contribution in [-0.2, 0) is 4.79 Å². The third-order valence-corrected chi connectivity index (χ3v) is 4.49. The van der Waals surface area contributed by atoms with Gasteiger partial charge in [-0.1, -0.05) is 42.5 Å². The van der Waals surface area contributed by atoms with E-state index in [1.54, 1.807) is 36.5 Å². The summed E-state index contributed by atoms with van der Waals surface area (Å²) in [5.74, 6) is -0.336. The van der Waals surface area contributed by atoms with Gasteiger partial charge in [-0.15, -0.1) is 0 Å². The molecule has 0 bridgehead atoms. The van der Waals surface area contributed by atoms with Crippen LogP contribution in [0.15, 0.2) is 84.8 Å². The lowest BCUT2D eigenvalue weighted by molar-refractivity contribution is -0.115. The SMILES string of the molecule is COc1cncc(NC(C(=O)/C(=C/N)C(=N)c2ccccc2)c2ccc(F)cc2)c1. The van der Waals surface area contributed by atoms with Crippen LogP contribution < -0.4 is 15.8 Å². The summed E-state index contributed by atoms with van der Waals surface area (Å²) in [4.78, 5) is 17.5. The first-order valence-corrected chi connectivity index (χ1v) is 9.15. The van der Waals surface area contributed by atoms with Gasteiger partial charge in [0.25, 0.3) is 0 Å². The number of carbonyl (C=O) groups excluding carboxylic acids is 1. The molecule has 4 N–H and O–H groups in total. The summed E-state index contributed by atoms with van der Waals surface area (Å²) >= 11 is 0. The van der Waals surface area contributed by atoms with Crippen molar-refractivity contribution < 1.29 is 13.9 Å². The summed E-state index contributed by atoms with van der Waals surface area (Å²) in [7, 11) is 1.51. The summed E-state index contributed by atoms with van der Waals surface area (Å²) in [5, 5.41) is 11.6. The van der Waals surface area contributed by atoms with Crippen LogP contribution in [0.1, 0.15) is 17.2 Å². The molecule has 1 atom stereocenters. The molecule has 1 aromatic heterocycles. The highest BCUT2D eigenvalue weighted by Crippen LogP contribution is 2.26. The van der Waals surface area contributed by atoms with Crippen molar-refractivity contribution in [3.8, 4) is 5.75 Å². The van der Waals surface area contributed by atoms with Crippen molar-refractivity contribution in [3.63, 3.8) is 0 Å². The fourth-order valence-electron chi connectivity index (χ4n) is 2.94. The molecular weight excluding hydrogens is 383 g/mol. The smallest absolute Gasteiger partial charge is 0.193 e. The predicted octanol–water partition coefficient (Wildman–Crippen LogP) is 3.86. The van der Waals surface area contributed by atoms with Crippen LogP contribution in [0, 0.1) is 11.2 Å². The number of ether oxygens (including phenoxy) is 1. The van der Waals surface area contributed by atoms with E-state index >= 15 is 0 Å². The molecule has 1 heterocycles. The molecule has 0 aliphatic rings. The first kappa shape index (κ1) is 20.7. The van der Waals surface area contributed by atoms with E-state index in [4.69, 9.17) is 15.9 Å². The molecule has 152 valence electrons. The maximum absolute atomic E-state index is 13.5. The molecule has 0 radical (unpaired) electrons. The van der Waals surface area contributed by atoms with Crippen LogP contribution >= 0.6 is 0 Å². The molecule has 3 aromatic rings. The molecule has 2 aromatic carbocycles. The topological polar surface area (TPSA) is 101 Å². The van der Waals surface area contributed by atoms with Gasteiger partial charge in [0.05, 0.1) is 36.5 Å². The average molecular weight is 404 g/mol. The second kappa shape index (κ2) is 9.47. The maximum Gasteiger partial charge on any atom is 0.193 e. The number of nitrogens with one attached hydrogen (secondary N) is 2. The molecule has 30 heavy (non-hydrogen) atoms. The summed E-state index contributed by atoms with van der Waals surface area (Å²) in [5.41, 5.74) is 7.39. The molecule has 1 unspecified atom stereocenters. The van der Waals surface area contributed by atoms with Gasteiger partial charge in [0.2, 0.25) is 0 Å². The van der Waals surface area contributed by atoms with Crippen molar-refractivity contribution in [1.29, 1.82) is 5.41 Å². The van der Waals surface area contributed by atoms with Gasteiger partial charge < -0.3 is 15.8 Å². The molecule has 0 aliphatic heterocycles. The van der Waals surface area contributed by atoms with Crippen LogP contribution in [0.3, 0.4) is 0 Å². The Bertz CT molecular complexity index is 1070. The monoisotopic (exact) mass is 404 g/mol. The Balaban J connectivity index is 1.98. The number of ketones is 1. The maximum atomic E-state index is 13.5. The largest absolute Gasteiger partial charge is 0.495 e. The zero-order chi connectivity index (χ0) is 21.5. The summed E-state index contributed by atoms with van der Waals surface area (Å²) < 4.78 is 18.6. The first-order valence-electron chi connectivity index (χ1n) is 9.15. The van der Waals surface area contributed by atoms with E-state index in [0.717, 1.165) is 6.20 Å². The minimum absolute atomic E-state index is 0.000721. The minimum atomic E-state index is -0.918. The quantitative estimate of drug-likeness (QED) is 0.391. The van der Waals surface area contributed by atoms with E-state index in [-0.39, 0.29) is 11.3 Å². The Labute approximate surface area is 173 Å². The molecule has 0 fully saturated rings. The Morgan fingerprint density at radius 1 is 1.17 bits per heavy atom. The molecule has 6 nitrogen and oxygen atoms in total. The summed E-state index contributed by atoms with van der Waals surface area (Å²) in [6, 6.07) is 15.2. The predicted molar refractivity (Wildman–Crippen MR) is 114 cm³/mol. The highest BCUT2D eigenvalue weighted by molar-refractivity contribution is 6.28. The molecule has 0 aliphatic carbocycles. The van der Waals surface area contributed by atoms with E-state index in [0.29, 0.717) is 22.6 Å². The minimum Gasteiger partial charge on any atom is -0.495 e. The van der Waals surface area contributed by atoms with Crippen molar-refractivity contribution in [1.82, 2.24) is 4.98 Å². The van der Waals surface area contributed by atoms with Crippen LogP contribution in [0.5, 0.6) is 5.75 Å². The fraction of sp³-hybridized carbons (Fsp3) is 0.0870. The van der Waals surface area contributed by atoms with Gasteiger partial charge in [0, 0.05) is 17.8 Å². The number of Topliss-reactive ketones (excluding diaryl/α,β-unsaturated/α-hetero) is 1. The number of carbonyl (C=O) groups is 1. The number of nitrogens with zero attached hydrogens (tertiary/aromatic N) is 1. The van der Waals surface area contributed by atoms with Crippen molar-refractivity contribution >= 4 is 17.2 Å². The lowest BCUT2D eigenvalue weighted by Crippen LogP contribution is -2.27. The van der Waals surface area contributed by atoms with Crippen molar-refractivity contribution in [3.05, 3.63) is 102 Å². The Hall–Kier alpha value is -4.00. The van der Waals surface area contributed by atoms with Crippen molar-refractivity contribution in [2.45, 2.75) is 6.04 Å². The van der Waals surface area contributed by atoms with E-state index in [2.05, 4.69) is 10.3 Å². The number of hydrogen-bond donors (Lipinski definition) is 3. The molecule has 3 rings (SSSR count). The lowest BCUT2D eigenvalue weighted by Gasteiger charge is -2.21. The molecular formula is C23H21FN4O2. The number of aromatic nitrogens is 1. The fourth-order valence-corrected chi connectivity index (χ4v) is 2.94. The second-order valence-corrected chi connectivity index (χ2v) is 6.43. The molecule has 0 saturated heterocycles. The van der Waals surface area contributed by atoms with Crippen LogP contribution in [0.25, 0.3) is 0 Å². The second-order valence-electron chi connectivity index (χ2n) is 6.43. The zero-order valence-electron chi connectivity index (χ0n) is 16.3. The van der Waals surface area contributed by atoms with Crippen LogP contribution in [0.4, 0.5) is 10.1 Å². The summed E-state index contributed by atoms with van der Waals surface area (Å²) in [6.07, 6.45) is 4.20. The van der Waals surface area contributed by atoms with Gasteiger partial charge >= 0.3 is 0 Å². The summed E-state index contributed by atoms with van der Waals surface area (Å²) in [6.45, 7) is 0. The van der Waals surface area contributed by atoms with E-state index in [1.807, 2.05) is 6.07 Å². The van der Waals surface area contributed by atoms with Gasteiger partial charge in [-0.3, -0.25) is 15.2 Å². The molecule has 0 amide bonds. The van der Waals surface area contributed by atoms with E-state index in [1.165, 1.54) is 37.6 Å². The number of benzene rings is 2. The number of anilines is 1. The van der Waals surface area contributed by atoms with Crippen molar-refractivity contribution in [2.75, 3.05) is 12.4 Å². The highest BCUT2D eigenvalue weighted by Gasteiger charge is 2.27. The molecule has 7 heteroatoms. The lowest BCUT2D eigenvalue weighted by atomic mass is 9.92. The number of halogens is 1. The molecule has 0 spiro atoms. The normalized spacial score (nSPS) is 12.1.